The van der Waals surface area contributed by atoms with Crippen LogP contribution in [-0.2, 0) is 12.8 Å². The number of hydrogen-bond acceptors (Lipinski definition) is 8. The molecule has 5 aromatic heterocycles. The predicted molar refractivity (Wildman–Crippen MR) is 133 cm³/mol. The largest absolute Gasteiger partial charge is 0.279 e. The third kappa shape index (κ3) is 3.16. The molecule has 0 aliphatic carbocycles. The van der Waals surface area contributed by atoms with Crippen LogP contribution in [0.3, 0.4) is 0 Å². The second kappa shape index (κ2) is 7.89. The fourth-order valence-electron chi connectivity index (χ4n) is 3.88. The van der Waals surface area contributed by atoms with Gasteiger partial charge < -0.3 is 0 Å². The summed E-state index contributed by atoms with van der Waals surface area (Å²) in [6.07, 6.45) is 1.73. The molecule has 0 spiro atoms. The van der Waals surface area contributed by atoms with Gasteiger partial charge in [0.1, 0.15) is 16.3 Å². The number of aromatic nitrogens is 7. The van der Waals surface area contributed by atoms with Gasteiger partial charge in [0.2, 0.25) is 5.78 Å². The second-order valence-electron chi connectivity index (χ2n) is 7.79. The highest BCUT2D eigenvalue weighted by Crippen LogP contribution is 2.26. The second-order valence-corrected chi connectivity index (χ2v) is 9.64. The van der Waals surface area contributed by atoms with Crippen LogP contribution in [-0.4, -0.2) is 33.7 Å². The molecule has 0 amide bonds. The zero-order valence-electron chi connectivity index (χ0n) is 18.2. The minimum absolute atomic E-state index is 0.0976. The molecule has 9 nitrogen and oxygen atoms in total. The summed E-state index contributed by atoms with van der Waals surface area (Å²) in [5.41, 5.74) is 2.11. The number of pyridine rings is 1. The molecule has 6 rings (SSSR count). The van der Waals surface area contributed by atoms with Crippen LogP contribution in [0.1, 0.15) is 11.4 Å². The summed E-state index contributed by atoms with van der Waals surface area (Å²) >= 11 is 2.76. The number of benzene rings is 1. The van der Waals surface area contributed by atoms with E-state index in [0.717, 1.165) is 11.1 Å². The van der Waals surface area contributed by atoms with Crippen LogP contribution < -0.4 is 11.1 Å². The maximum atomic E-state index is 13.4. The molecule has 0 saturated carbocycles. The highest BCUT2D eigenvalue weighted by atomic mass is 32.2. The maximum Gasteiger partial charge on any atom is 0.272 e. The lowest BCUT2D eigenvalue weighted by Gasteiger charge is -2.12. The highest BCUT2D eigenvalue weighted by Gasteiger charge is 2.18. The van der Waals surface area contributed by atoms with Gasteiger partial charge in [-0.05, 0) is 42.1 Å². The van der Waals surface area contributed by atoms with E-state index in [-0.39, 0.29) is 11.1 Å². The van der Waals surface area contributed by atoms with E-state index in [1.807, 2.05) is 53.1 Å². The molecule has 0 radical (unpaired) electrons. The van der Waals surface area contributed by atoms with Gasteiger partial charge in [-0.3, -0.25) is 18.6 Å². The van der Waals surface area contributed by atoms with Crippen LogP contribution in [0.5, 0.6) is 0 Å². The average molecular weight is 488 g/mol. The first kappa shape index (κ1) is 20.8. The van der Waals surface area contributed by atoms with Crippen molar-refractivity contribution >= 4 is 50.0 Å². The van der Waals surface area contributed by atoms with E-state index in [0.29, 0.717) is 43.9 Å². The van der Waals surface area contributed by atoms with E-state index >= 15 is 0 Å². The Hall–Kier alpha value is -3.83. The molecule has 0 saturated heterocycles. The fraction of sp³-hybridized carbons (Fsp3) is 0.130. The van der Waals surface area contributed by atoms with Crippen LogP contribution in [0, 0.1) is 6.92 Å². The molecule has 6 aromatic rings. The summed E-state index contributed by atoms with van der Waals surface area (Å²) in [6.45, 7) is 1.95. The minimum Gasteiger partial charge on any atom is -0.279 e. The maximum absolute atomic E-state index is 13.4. The normalized spacial score (nSPS) is 11.7. The fourth-order valence-corrected chi connectivity index (χ4v) is 5.64. The Morgan fingerprint density at radius 1 is 1.03 bits per heavy atom. The van der Waals surface area contributed by atoms with Crippen molar-refractivity contribution in [1.82, 2.24) is 33.7 Å². The number of hydrogen-bond donors (Lipinski definition) is 0. The van der Waals surface area contributed by atoms with Crippen molar-refractivity contribution in [2.24, 2.45) is 7.05 Å². The van der Waals surface area contributed by atoms with Crippen molar-refractivity contribution in [3.63, 3.8) is 0 Å². The number of thiophene rings is 1. The summed E-state index contributed by atoms with van der Waals surface area (Å²) in [7, 11) is 1.69. The molecule has 5 heterocycles. The third-order valence-electron chi connectivity index (χ3n) is 5.60. The summed E-state index contributed by atoms with van der Waals surface area (Å²) in [4.78, 5) is 35.3. The van der Waals surface area contributed by atoms with Crippen molar-refractivity contribution in [2.45, 2.75) is 17.8 Å². The lowest BCUT2D eigenvalue weighted by molar-refractivity contribution is 0.793. The van der Waals surface area contributed by atoms with E-state index in [1.54, 1.807) is 19.3 Å². The summed E-state index contributed by atoms with van der Waals surface area (Å²) in [5.74, 6) is 2.02. The van der Waals surface area contributed by atoms with E-state index in [4.69, 9.17) is 4.98 Å². The molecular weight excluding hydrogens is 470 g/mol. The molecule has 1 aromatic carbocycles. The summed E-state index contributed by atoms with van der Waals surface area (Å²) in [5, 5.41) is 11.5. The summed E-state index contributed by atoms with van der Waals surface area (Å²) in [6, 6.07) is 12.9. The van der Waals surface area contributed by atoms with Gasteiger partial charge in [0.25, 0.3) is 11.1 Å². The molecule has 11 heteroatoms. The first-order chi connectivity index (χ1) is 16.5. The van der Waals surface area contributed by atoms with E-state index in [1.165, 1.54) is 32.2 Å². The smallest absolute Gasteiger partial charge is 0.272 e. The Bertz CT molecular complexity index is 1830. The molecule has 34 heavy (non-hydrogen) atoms. The molecular formula is C23H17N7O2S2. The topological polar surface area (TPSA) is 100.0 Å². The van der Waals surface area contributed by atoms with Gasteiger partial charge in [0.05, 0.1) is 22.2 Å². The Labute approximate surface area is 200 Å². The predicted octanol–water partition coefficient (Wildman–Crippen LogP) is 3.34. The lowest BCUT2D eigenvalue weighted by Crippen LogP contribution is -2.22. The third-order valence-corrected chi connectivity index (χ3v) is 7.42. The van der Waals surface area contributed by atoms with Crippen molar-refractivity contribution in [2.75, 3.05) is 0 Å². The first-order valence-electron chi connectivity index (χ1n) is 10.4. The van der Waals surface area contributed by atoms with Gasteiger partial charge in [0, 0.05) is 13.2 Å². The van der Waals surface area contributed by atoms with E-state index in [2.05, 4.69) is 15.2 Å². The molecule has 0 bridgehead atoms. The number of nitrogens with zero attached hydrogens (tertiary/aromatic N) is 7. The van der Waals surface area contributed by atoms with Crippen molar-refractivity contribution in [3.8, 4) is 5.82 Å². The van der Waals surface area contributed by atoms with Crippen molar-refractivity contribution in [3.05, 3.63) is 86.1 Å². The van der Waals surface area contributed by atoms with Gasteiger partial charge >= 0.3 is 0 Å². The molecule has 0 unspecified atom stereocenters. The van der Waals surface area contributed by atoms with Gasteiger partial charge in [0.15, 0.2) is 5.16 Å². The summed E-state index contributed by atoms with van der Waals surface area (Å²) < 4.78 is 5.56. The van der Waals surface area contributed by atoms with Crippen LogP contribution in [0.25, 0.3) is 32.7 Å². The van der Waals surface area contributed by atoms with E-state index in [9.17, 15) is 9.59 Å². The minimum atomic E-state index is -0.182. The highest BCUT2D eigenvalue weighted by molar-refractivity contribution is 7.98. The molecule has 0 atom stereocenters. The van der Waals surface area contributed by atoms with E-state index < -0.39 is 0 Å². The Kier molecular flexibility index (Phi) is 4.82. The number of thioether (sulfide) groups is 1. The van der Waals surface area contributed by atoms with Crippen LogP contribution >= 0.6 is 23.1 Å². The standard InChI is InChI=1S/C23H17N7O2S2/c1-13-7-8-17(24-11-13)30-20(31)14-5-3-4-6-15(14)25-23(30)34-12-18-26-27-22-28(2)21(32)19-16(29(18)22)9-10-33-19/h3-11H,12H2,1-2H3. The Morgan fingerprint density at radius 3 is 2.71 bits per heavy atom. The molecule has 0 aliphatic rings. The van der Waals surface area contributed by atoms with Crippen molar-refractivity contribution in [1.29, 1.82) is 0 Å². The zero-order chi connectivity index (χ0) is 23.4. The molecule has 0 fully saturated rings. The Morgan fingerprint density at radius 2 is 1.88 bits per heavy atom. The SMILES string of the molecule is Cc1ccc(-n2c(SCc3nnc4n(C)c(=O)c5sccc5n34)nc3ccccc3c2=O)nc1. The molecule has 0 aliphatic heterocycles. The molecule has 0 N–H and O–H groups in total. The van der Waals surface area contributed by atoms with Crippen LogP contribution in [0.2, 0.25) is 0 Å². The molecule has 168 valence electrons. The monoisotopic (exact) mass is 487 g/mol. The van der Waals surface area contributed by atoms with Crippen LogP contribution in [0.15, 0.2) is 68.8 Å². The quantitative estimate of drug-likeness (QED) is 0.278. The van der Waals surface area contributed by atoms with Gasteiger partial charge in [-0.1, -0.05) is 30.0 Å². The zero-order valence-corrected chi connectivity index (χ0v) is 19.8. The average Bonchev–Trinajstić information content (AvgIpc) is 3.49. The van der Waals surface area contributed by atoms with Crippen molar-refractivity contribution < 1.29 is 0 Å². The van der Waals surface area contributed by atoms with Gasteiger partial charge in [-0.25, -0.2) is 14.5 Å². The number of fused-ring (bicyclic) bond motifs is 4. The Balaban J connectivity index is 1.50. The first-order valence-corrected chi connectivity index (χ1v) is 12.3. The van der Waals surface area contributed by atoms with Gasteiger partial charge in [-0.15, -0.1) is 21.5 Å². The number of para-hydroxylation sites is 1. The number of aryl methyl sites for hydroxylation is 2. The number of rotatable bonds is 4. The van der Waals surface area contributed by atoms with Crippen LogP contribution in [0.4, 0.5) is 0 Å². The lowest BCUT2D eigenvalue weighted by atomic mass is 10.2. The van der Waals surface area contributed by atoms with Gasteiger partial charge in [-0.2, -0.15) is 0 Å².